The molecule has 0 saturated carbocycles. The van der Waals surface area contributed by atoms with Crippen LogP contribution in [0.3, 0.4) is 0 Å². The highest BCUT2D eigenvalue weighted by Gasteiger charge is 2.32. The lowest BCUT2D eigenvalue weighted by atomic mass is 9.87. The molecule has 0 bridgehead atoms. The topological polar surface area (TPSA) is 55.4 Å². The summed E-state index contributed by atoms with van der Waals surface area (Å²) in [6.45, 7) is 4.77. The first-order valence-corrected chi connectivity index (χ1v) is 8.94. The molecule has 0 aromatic carbocycles. The average molecular weight is 275 g/mol. The standard InChI is InChI=1S/C13H25NO3S/c1-2-14-13(12-4-3-6-17-9-12)8-11-5-7-18(15,16)10-11/h11-14H,2-10H2,1H3. The van der Waals surface area contributed by atoms with Gasteiger partial charge in [0.15, 0.2) is 9.84 Å². The lowest BCUT2D eigenvalue weighted by Crippen LogP contribution is -2.41. The molecule has 2 aliphatic rings. The van der Waals surface area contributed by atoms with Crippen molar-refractivity contribution in [2.45, 2.75) is 38.6 Å². The third-order valence-corrected chi connectivity index (χ3v) is 5.98. The summed E-state index contributed by atoms with van der Waals surface area (Å²) in [5, 5.41) is 3.53. The van der Waals surface area contributed by atoms with Crippen molar-refractivity contribution < 1.29 is 13.2 Å². The van der Waals surface area contributed by atoms with Crippen LogP contribution < -0.4 is 5.32 Å². The number of hydrogen-bond acceptors (Lipinski definition) is 4. The molecule has 1 N–H and O–H groups in total. The lowest BCUT2D eigenvalue weighted by Gasteiger charge is -2.32. The van der Waals surface area contributed by atoms with E-state index in [0.717, 1.165) is 39.0 Å². The Morgan fingerprint density at radius 2 is 2.22 bits per heavy atom. The summed E-state index contributed by atoms with van der Waals surface area (Å²) in [5.41, 5.74) is 0. The van der Waals surface area contributed by atoms with Crippen LogP contribution in [0.15, 0.2) is 0 Å². The van der Waals surface area contributed by atoms with Gasteiger partial charge in [-0.15, -0.1) is 0 Å². The highest BCUT2D eigenvalue weighted by molar-refractivity contribution is 7.91. The Hall–Kier alpha value is -0.130. The van der Waals surface area contributed by atoms with Gasteiger partial charge in [0.25, 0.3) is 0 Å². The molecule has 2 saturated heterocycles. The molecule has 18 heavy (non-hydrogen) atoms. The van der Waals surface area contributed by atoms with Gasteiger partial charge in [-0.25, -0.2) is 8.42 Å². The summed E-state index contributed by atoms with van der Waals surface area (Å²) < 4.78 is 28.6. The molecule has 4 nitrogen and oxygen atoms in total. The molecule has 0 spiro atoms. The quantitative estimate of drug-likeness (QED) is 0.819. The highest BCUT2D eigenvalue weighted by Crippen LogP contribution is 2.28. The van der Waals surface area contributed by atoms with Crippen LogP contribution in [0.5, 0.6) is 0 Å². The first-order chi connectivity index (χ1) is 8.61. The lowest BCUT2D eigenvalue weighted by molar-refractivity contribution is 0.0360. The van der Waals surface area contributed by atoms with Gasteiger partial charge in [0.1, 0.15) is 0 Å². The summed E-state index contributed by atoms with van der Waals surface area (Å²) in [6, 6.07) is 0.425. The molecular formula is C13H25NO3S. The molecule has 0 aromatic rings. The van der Waals surface area contributed by atoms with E-state index in [1.165, 1.54) is 6.42 Å². The second-order valence-electron chi connectivity index (χ2n) is 5.65. The van der Waals surface area contributed by atoms with E-state index in [1.807, 2.05) is 0 Å². The minimum atomic E-state index is -2.75. The minimum absolute atomic E-state index is 0.348. The summed E-state index contributed by atoms with van der Waals surface area (Å²) >= 11 is 0. The average Bonchev–Trinajstić information content (AvgIpc) is 2.69. The van der Waals surface area contributed by atoms with Gasteiger partial charge >= 0.3 is 0 Å². The smallest absolute Gasteiger partial charge is 0.150 e. The number of nitrogens with one attached hydrogen (secondary N) is 1. The van der Waals surface area contributed by atoms with Gasteiger partial charge in [-0.1, -0.05) is 6.92 Å². The van der Waals surface area contributed by atoms with Crippen LogP contribution in [0.25, 0.3) is 0 Å². The maximum Gasteiger partial charge on any atom is 0.150 e. The van der Waals surface area contributed by atoms with E-state index < -0.39 is 9.84 Å². The second kappa shape index (κ2) is 6.35. The molecule has 2 heterocycles. The molecule has 0 amide bonds. The fourth-order valence-corrected chi connectivity index (χ4v) is 5.08. The normalized spacial score (nSPS) is 33.4. The maximum atomic E-state index is 11.5. The van der Waals surface area contributed by atoms with Crippen LogP contribution in [0.1, 0.15) is 32.6 Å². The monoisotopic (exact) mass is 275 g/mol. The van der Waals surface area contributed by atoms with Crippen LogP contribution in [0, 0.1) is 11.8 Å². The predicted octanol–water partition coefficient (Wildman–Crippen LogP) is 1.22. The van der Waals surface area contributed by atoms with Crippen molar-refractivity contribution in [2.24, 2.45) is 11.8 Å². The van der Waals surface area contributed by atoms with Gasteiger partial charge in [0.2, 0.25) is 0 Å². The van der Waals surface area contributed by atoms with E-state index in [0.29, 0.717) is 29.4 Å². The fourth-order valence-electron chi connectivity index (χ4n) is 3.20. The Bertz CT molecular complexity index is 349. The molecule has 0 aromatic heterocycles. The van der Waals surface area contributed by atoms with E-state index in [4.69, 9.17) is 4.74 Å². The van der Waals surface area contributed by atoms with Gasteiger partial charge in [-0.2, -0.15) is 0 Å². The number of sulfone groups is 1. The number of rotatable bonds is 5. The van der Waals surface area contributed by atoms with Gasteiger partial charge in [-0.05, 0) is 44.1 Å². The molecule has 2 rings (SSSR count). The maximum absolute atomic E-state index is 11.5. The molecule has 106 valence electrons. The van der Waals surface area contributed by atoms with Crippen molar-refractivity contribution in [1.82, 2.24) is 5.32 Å². The zero-order valence-corrected chi connectivity index (χ0v) is 12.0. The Morgan fingerprint density at radius 1 is 1.39 bits per heavy atom. The fraction of sp³-hybridized carbons (Fsp3) is 1.00. The van der Waals surface area contributed by atoms with E-state index >= 15 is 0 Å². The zero-order valence-electron chi connectivity index (χ0n) is 11.2. The second-order valence-corrected chi connectivity index (χ2v) is 7.87. The molecule has 0 radical (unpaired) electrons. The van der Waals surface area contributed by atoms with Gasteiger partial charge < -0.3 is 10.1 Å². The molecule has 3 unspecified atom stereocenters. The van der Waals surface area contributed by atoms with E-state index in [9.17, 15) is 8.42 Å². The molecule has 2 fully saturated rings. The summed E-state index contributed by atoms with van der Waals surface area (Å²) in [6.07, 6.45) is 4.17. The van der Waals surface area contributed by atoms with Gasteiger partial charge in [-0.3, -0.25) is 0 Å². The van der Waals surface area contributed by atoms with Crippen LogP contribution in [0.4, 0.5) is 0 Å². The molecule has 3 atom stereocenters. The van der Waals surface area contributed by atoms with Crippen molar-refractivity contribution >= 4 is 9.84 Å². The SMILES string of the molecule is CCNC(CC1CCS(=O)(=O)C1)C1CCCOC1. The predicted molar refractivity (Wildman–Crippen MR) is 72.4 cm³/mol. The Morgan fingerprint density at radius 3 is 2.78 bits per heavy atom. The first kappa shape index (κ1) is 14.3. The van der Waals surface area contributed by atoms with Crippen LogP contribution >= 0.6 is 0 Å². The van der Waals surface area contributed by atoms with Crippen LogP contribution in [0.2, 0.25) is 0 Å². The van der Waals surface area contributed by atoms with Crippen molar-refractivity contribution in [3.63, 3.8) is 0 Å². The van der Waals surface area contributed by atoms with E-state index in [2.05, 4.69) is 12.2 Å². The van der Waals surface area contributed by atoms with Crippen molar-refractivity contribution in [3.8, 4) is 0 Å². The van der Waals surface area contributed by atoms with Gasteiger partial charge in [0, 0.05) is 12.6 Å². The Balaban J connectivity index is 1.89. The Labute approximate surface area is 110 Å². The number of ether oxygens (including phenoxy) is 1. The number of hydrogen-bond donors (Lipinski definition) is 1. The van der Waals surface area contributed by atoms with Crippen LogP contribution in [-0.4, -0.2) is 45.7 Å². The largest absolute Gasteiger partial charge is 0.381 e. The first-order valence-electron chi connectivity index (χ1n) is 7.12. The van der Waals surface area contributed by atoms with Crippen molar-refractivity contribution in [2.75, 3.05) is 31.3 Å². The van der Waals surface area contributed by atoms with E-state index in [-0.39, 0.29) is 0 Å². The zero-order chi connectivity index (χ0) is 13.0. The van der Waals surface area contributed by atoms with Crippen molar-refractivity contribution in [1.29, 1.82) is 0 Å². The minimum Gasteiger partial charge on any atom is -0.381 e. The Kier molecular flexibility index (Phi) is 5.04. The van der Waals surface area contributed by atoms with Crippen LogP contribution in [-0.2, 0) is 14.6 Å². The highest BCUT2D eigenvalue weighted by atomic mass is 32.2. The van der Waals surface area contributed by atoms with E-state index in [1.54, 1.807) is 0 Å². The summed E-state index contributed by atoms with van der Waals surface area (Å²) in [4.78, 5) is 0. The summed E-state index contributed by atoms with van der Waals surface area (Å²) in [7, 11) is -2.75. The summed E-state index contributed by atoms with van der Waals surface area (Å²) in [5.74, 6) is 1.68. The molecule has 2 aliphatic heterocycles. The molecule has 0 aliphatic carbocycles. The molecule has 5 heteroatoms. The van der Waals surface area contributed by atoms with Gasteiger partial charge in [0.05, 0.1) is 18.1 Å². The van der Waals surface area contributed by atoms with Crippen molar-refractivity contribution in [3.05, 3.63) is 0 Å². The third kappa shape index (κ3) is 3.93. The third-order valence-electron chi connectivity index (χ3n) is 4.14. The molecular weight excluding hydrogens is 250 g/mol.